The van der Waals surface area contributed by atoms with E-state index in [4.69, 9.17) is 16.1 Å². The highest BCUT2D eigenvalue weighted by molar-refractivity contribution is 6.33. The van der Waals surface area contributed by atoms with Crippen LogP contribution in [0.25, 0.3) is 22.8 Å². The van der Waals surface area contributed by atoms with E-state index >= 15 is 0 Å². The maximum atomic E-state index is 6.12. The van der Waals surface area contributed by atoms with Crippen LogP contribution >= 0.6 is 11.6 Å². The van der Waals surface area contributed by atoms with Crippen molar-refractivity contribution in [1.29, 1.82) is 0 Å². The van der Waals surface area contributed by atoms with Crippen molar-refractivity contribution in [3.63, 3.8) is 0 Å². The second-order valence-corrected chi connectivity index (χ2v) is 4.73. The maximum Gasteiger partial charge on any atom is 0.261 e. The van der Waals surface area contributed by atoms with E-state index in [0.29, 0.717) is 22.6 Å². The molecule has 0 spiro atoms. The minimum atomic E-state index is 0.386. The Balaban J connectivity index is 2.04. The fraction of sp³-hybridized carbons (Fsp3) is 0.143. The molecule has 2 aromatic heterocycles. The smallest absolute Gasteiger partial charge is 0.261 e. The largest absolute Gasteiger partial charge is 0.333 e. The van der Waals surface area contributed by atoms with Crippen LogP contribution in [0.2, 0.25) is 5.02 Å². The number of rotatable bonds is 2. The molecule has 20 heavy (non-hydrogen) atoms. The molecule has 5 nitrogen and oxygen atoms in total. The second-order valence-electron chi connectivity index (χ2n) is 4.32. The van der Waals surface area contributed by atoms with Gasteiger partial charge in [-0.2, -0.15) is 4.98 Å². The zero-order valence-electron chi connectivity index (χ0n) is 11.0. The fourth-order valence-electron chi connectivity index (χ4n) is 1.88. The SMILES string of the molecule is Cc1ncc(-c2nc(-c3ccccc3Cl)no2)c(C)n1. The molecule has 0 unspecified atom stereocenters. The van der Waals surface area contributed by atoms with Gasteiger partial charge < -0.3 is 4.52 Å². The van der Waals surface area contributed by atoms with Crippen molar-refractivity contribution in [2.75, 3.05) is 0 Å². The Labute approximate surface area is 120 Å². The van der Waals surface area contributed by atoms with Gasteiger partial charge in [0.25, 0.3) is 5.89 Å². The average Bonchev–Trinajstić information content (AvgIpc) is 2.88. The van der Waals surface area contributed by atoms with Gasteiger partial charge in [-0.3, -0.25) is 0 Å². The van der Waals surface area contributed by atoms with Crippen molar-refractivity contribution in [2.45, 2.75) is 13.8 Å². The lowest BCUT2D eigenvalue weighted by Crippen LogP contribution is -1.94. The van der Waals surface area contributed by atoms with Gasteiger partial charge in [0.05, 0.1) is 16.3 Å². The molecule has 0 aliphatic carbocycles. The highest BCUT2D eigenvalue weighted by atomic mass is 35.5. The molecule has 0 aliphatic heterocycles. The number of hydrogen-bond donors (Lipinski definition) is 0. The number of halogens is 1. The van der Waals surface area contributed by atoms with Gasteiger partial charge in [-0.15, -0.1) is 0 Å². The lowest BCUT2D eigenvalue weighted by atomic mass is 10.2. The van der Waals surface area contributed by atoms with Crippen LogP contribution in [0.5, 0.6) is 0 Å². The van der Waals surface area contributed by atoms with Crippen LogP contribution < -0.4 is 0 Å². The molecule has 6 heteroatoms. The van der Waals surface area contributed by atoms with Gasteiger partial charge in [-0.05, 0) is 26.0 Å². The van der Waals surface area contributed by atoms with Crippen LogP contribution in [0, 0.1) is 13.8 Å². The number of aryl methyl sites for hydroxylation is 2. The van der Waals surface area contributed by atoms with Crippen LogP contribution in [-0.2, 0) is 0 Å². The van der Waals surface area contributed by atoms with E-state index in [1.165, 1.54) is 0 Å². The first-order valence-electron chi connectivity index (χ1n) is 6.04. The average molecular weight is 287 g/mol. The number of nitrogens with zero attached hydrogens (tertiary/aromatic N) is 4. The van der Waals surface area contributed by atoms with E-state index in [-0.39, 0.29) is 0 Å². The number of aromatic nitrogens is 4. The van der Waals surface area contributed by atoms with E-state index in [1.54, 1.807) is 12.3 Å². The Hall–Kier alpha value is -2.27. The highest BCUT2D eigenvalue weighted by Crippen LogP contribution is 2.27. The van der Waals surface area contributed by atoms with Gasteiger partial charge in [-0.25, -0.2) is 9.97 Å². The zero-order chi connectivity index (χ0) is 14.1. The van der Waals surface area contributed by atoms with E-state index in [0.717, 1.165) is 16.8 Å². The quantitative estimate of drug-likeness (QED) is 0.722. The van der Waals surface area contributed by atoms with Crippen LogP contribution in [0.15, 0.2) is 35.0 Å². The van der Waals surface area contributed by atoms with Crippen LogP contribution in [0.1, 0.15) is 11.5 Å². The molecular weight excluding hydrogens is 276 g/mol. The first kappa shape index (κ1) is 12.7. The molecule has 0 saturated heterocycles. The molecule has 2 heterocycles. The Morgan fingerprint density at radius 3 is 2.60 bits per heavy atom. The Bertz CT molecular complexity index is 769. The van der Waals surface area contributed by atoms with Gasteiger partial charge in [0.15, 0.2) is 0 Å². The molecule has 0 bridgehead atoms. The number of benzene rings is 1. The predicted molar refractivity (Wildman–Crippen MR) is 75.2 cm³/mol. The van der Waals surface area contributed by atoms with Gasteiger partial charge >= 0.3 is 0 Å². The van der Waals surface area contributed by atoms with Gasteiger partial charge in [-0.1, -0.05) is 28.9 Å². The van der Waals surface area contributed by atoms with E-state index in [9.17, 15) is 0 Å². The molecule has 3 rings (SSSR count). The molecule has 0 amide bonds. The van der Waals surface area contributed by atoms with Crippen molar-refractivity contribution >= 4 is 11.6 Å². The van der Waals surface area contributed by atoms with Crippen molar-refractivity contribution < 1.29 is 4.52 Å². The third-order valence-electron chi connectivity index (χ3n) is 2.87. The lowest BCUT2D eigenvalue weighted by molar-refractivity contribution is 0.431. The van der Waals surface area contributed by atoms with Crippen molar-refractivity contribution in [3.8, 4) is 22.8 Å². The summed E-state index contributed by atoms with van der Waals surface area (Å²) in [6, 6.07) is 7.35. The van der Waals surface area contributed by atoms with Crippen molar-refractivity contribution in [1.82, 2.24) is 20.1 Å². The number of hydrogen-bond acceptors (Lipinski definition) is 5. The first-order chi connectivity index (χ1) is 9.65. The standard InChI is InChI=1S/C14H11ClN4O/c1-8-11(7-16-9(2)17-8)14-18-13(19-20-14)10-5-3-4-6-12(10)15/h3-7H,1-2H3. The second kappa shape index (κ2) is 5.02. The normalized spacial score (nSPS) is 10.8. The topological polar surface area (TPSA) is 64.7 Å². The maximum absolute atomic E-state index is 6.12. The van der Waals surface area contributed by atoms with Crippen LogP contribution in [0.4, 0.5) is 0 Å². The monoisotopic (exact) mass is 286 g/mol. The lowest BCUT2D eigenvalue weighted by Gasteiger charge is -1.99. The van der Waals surface area contributed by atoms with Gasteiger partial charge in [0.2, 0.25) is 5.82 Å². The van der Waals surface area contributed by atoms with E-state index < -0.39 is 0 Å². The third-order valence-corrected chi connectivity index (χ3v) is 3.20. The summed E-state index contributed by atoms with van der Waals surface area (Å²) in [4.78, 5) is 12.8. The zero-order valence-corrected chi connectivity index (χ0v) is 11.7. The summed E-state index contributed by atoms with van der Waals surface area (Å²) in [5.74, 6) is 1.54. The molecule has 3 aromatic rings. The molecule has 100 valence electrons. The van der Waals surface area contributed by atoms with E-state index in [1.807, 2.05) is 32.0 Å². The fourth-order valence-corrected chi connectivity index (χ4v) is 2.10. The first-order valence-corrected chi connectivity index (χ1v) is 6.42. The summed E-state index contributed by atoms with van der Waals surface area (Å²) >= 11 is 6.12. The molecule has 0 atom stereocenters. The molecular formula is C14H11ClN4O. The minimum Gasteiger partial charge on any atom is -0.333 e. The third kappa shape index (κ3) is 2.28. The molecule has 0 fully saturated rings. The predicted octanol–water partition coefficient (Wildman–Crippen LogP) is 3.46. The summed E-state index contributed by atoms with van der Waals surface area (Å²) in [5.41, 5.74) is 2.25. The Morgan fingerprint density at radius 1 is 1.05 bits per heavy atom. The van der Waals surface area contributed by atoms with Crippen LogP contribution in [0.3, 0.4) is 0 Å². The summed E-state index contributed by atoms with van der Waals surface area (Å²) < 4.78 is 5.28. The van der Waals surface area contributed by atoms with Crippen molar-refractivity contribution in [2.24, 2.45) is 0 Å². The Morgan fingerprint density at radius 2 is 1.85 bits per heavy atom. The van der Waals surface area contributed by atoms with Crippen molar-refractivity contribution in [3.05, 3.63) is 47.0 Å². The molecule has 0 aliphatic rings. The molecule has 1 aromatic carbocycles. The minimum absolute atomic E-state index is 0.386. The van der Waals surface area contributed by atoms with E-state index in [2.05, 4.69) is 20.1 Å². The van der Waals surface area contributed by atoms with Crippen LogP contribution in [-0.4, -0.2) is 20.1 Å². The summed E-state index contributed by atoms with van der Waals surface area (Å²) in [5, 5.41) is 4.54. The highest BCUT2D eigenvalue weighted by Gasteiger charge is 2.15. The van der Waals surface area contributed by atoms with Gasteiger partial charge in [0, 0.05) is 11.8 Å². The summed E-state index contributed by atoms with van der Waals surface area (Å²) in [6.45, 7) is 3.71. The Kier molecular flexibility index (Phi) is 3.20. The summed E-state index contributed by atoms with van der Waals surface area (Å²) in [6.07, 6.45) is 1.68. The molecule has 0 radical (unpaired) electrons. The summed E-state index contributed by atoms with van der Waals surface area (Å²) in [7, 11) is 0. The molecule has 0 saturated carbocycles. The molecule has 0 N–H and O–H groups in total. The van der Waals surface area contributed by atoms with Gasteiger partial charge in [0.1, 0.15) is 5.82 Å².